The number of carbonyl (C=O) groups is 2. The van der Waals surface area contributed by atoms with E-state index in [-0.39, 0.29) is 11.1 Å². The van der Waals surface area contributed by atoms with Gasteiger partial charge in [0.1, 0.15) is 31.0 Å². The Morgan fingerprint density at radius 1 is 1.19 bits per heavy atom. The molecule has 0 aromatic heterocycles. The molecule has 2 amide bonds. The van der Waals surface area contributed by atoms with Crippen molar-refractivity contribution in [2.24, 2.45) is 0 Å². The number of imide groups is 1. The number of aliphatic hydroxyl groups is 2. The lowest BCUT2D eigenvalue weighted by Crippen LogP contribution is -2.44. The van der Waals surface area contributed by atoms with E-state index in [4.69, 9.17) is 19.0 Å². The Kier molecular flexibility index (Phi) is 4.10. The molecule has 0 radical (unpaired) electrons. The minimum atomic E-state index is -1.30. The maximum Gasteiger partial charge on any atom is 0.285 e. The molecule has 3 heterocycles. The Morgan fingerprint density at radius 2 is 1.81 bits per heavy atom. The van der Waals surface area contributed by atoms with E-state index in [2.05, 4.69) is 0 Å². The Hall–Kier alpha value is -1.88. The van der Waals surface area contributed by atoms with Crippen LogP contribution in [0.5, 0.6) is 0 Å². The highest BCUT2D eigenvalue weighted by molar-refractivity contribution is 6.20. The van der Waals surface area contributed by atoms with Crippen LogP contribution in [0.15, 0.2) is 24.3 Å². The summed E-state index contributed by atoms with van der Waals surface area (Å²) in [5.41, 5.74) is 0.477. The predicted octanol–water partition coefficient (Wildman–Crippen LogP) is -0.188. The lowest BCUT2D eigenvalue weighted by Gasteiger charge is -2.26. The third kappa shape index (κ3) is 2.73. The molecule has 5 atom stereocenters. The van der Waals surface area contributed by atoms with Gasteiger partial charge in [0.2, 0.25) is 0 Å². The minimum absolute atomic E-state index is 0.239. The lowest BCUT2D eigenvalue weighted by molar-refractivity contribution is -0.232. The van der Waals surface area contributed by atoms with Gasteiger partial charge in [-0.3, -0.25) is 14.4 Å². The molecule has 0 bridgehead atoms. The van der Waals surface area contributed by atoms with Crippen LogP contribution in [0.25, 0.3) is 0 Å². The third-order valence-electron chi connectivity index (χ3n) is 4.56. The smallest absolute Gasteiger partial charge is 0.285 e. The Bertz CT molecular complexity index is 715. The molecule has 1 aromatic rings. The van der Waals surface area contributed by atoms with Crippen molar-refractivity contribution in [1.29, 1.82) is 0 Å². The molecule has 4 rings (SSSR count). The lowest BCUT2D eigenvalue weighted by atomic mass is 10.1. The second-order valence-corrected chi connectivity index (χ2v) is 6.87. The van der Waals surface area contributed by atoms with E-state index in [1.165, 1.54) is 12.1 Å². The highest BCUT2D eigenvalue weighted by atomic mass is 16.8. The maximum atomic E-state index is 12.2. The van der Waals surface area contributed by atoms with Gasteiger partial charge in [-0.15, -0.1) is 5.06 Å². The van der Waals surface area contributed by atoms with Gasteiger partial charge in [0.15, 0.2) is 12.1 Å². The van der Waals surface area contributed by atoms with Gasteiger partial charge in [0, 0.05) is 0 Å². The van der Waals surface area contributed by atoms with E-state index < -0.39 is 54.9 Å². The molecule has 2 saturated heterocycles. The van der Waals surface area contributed by atoms with E-state index >= 15 is 0 Å². The average Bonchev–Trinajstić information content (AvgIpc) is 3.15. The first-order valence-electron chi connectivity index (χ1n) is 8.26. The largest absolute Gasteiger partial charge is 0.388 e. The molecular weight excluding hydrogens is 346 g/mol. The van der Waals surface area contributed by atoms with Gasteiger partial charge in [-0.2, -0.15) is 0 Å². The monoisotopic (exact) mass is 365 g/mol. The number of hydroxylamine groups is 2. The molecule has 0 aliphatic carbocycles. The second-order valence-electron chi connectivity index (χ2n) is 6.87. The molecule has 3 aliphatic rings. The quantitative estimate of drug-likeness (QED) is 0.706. The van der Waals surface area contributed by atoms with Crippen molar-refractivity contribution in [1.82, 2.24) is 5.06 Å². The van der Waals surface area contributed by atoms with E-state index in [9.17, 15) is 19.8 Å². The summed E-state index contributed by atoms with van der Waals surface area (Å²) >= 11 is 0. The molecule has 3 aliphatic heterocycles. The topological polar surface area (TPSA) is 115 Å². The molecule has 2 N–H and O–H groups in total. The highest BCUT2D eigenvalue weighted by Crippen LogP contribution is 2.38. The number of benzene rings is 1. The SMILES string of the molecule is CC1(C)O[C@H]2OC([C@H](O)CON3C(=O)c4ccccc4C3=O)[C@H](O)[C@@H]2O1. The van der Waals surface area contributed by atoms with Gasteiger partial charge >= 0.3 is 0 Å². The first-order valence-corrected chi connectivity index (χ1v) is 8.26. The zero-order valence-electron chi connectivity index (χ0n) is 14.2. The van der Waals surface area contributed by atoms with Crippen LogP contribution in [0.1, 0.15) is 34.6 Å². The number of rotatable bonds is 4. The van der Waals surface area contributed by atoms with Gasteiger partial charge in [-0.25, -0.2) is 0 Å². The van der Waals surface area contributed by atoms with Crippen LogP contribution in [-0.4, -0.2) is 70.2 Å². The van der Waals surface area contributed by atoms with E-state index in [0.29, 0.717) is 5.06 Å². The molecule has 26 heavy (non-hydrogen) atoms. The maximum absolute atomic E-state index is 12.2. The summed E-state index contributed by atoms with van der Waals surface area (Å²) in [4.78, 5) is 29.6. The van der Waals surface area contributed by atoms with Crippen molar-refractivity contribution >= 4 is 11.8 Å². The standard InChI is InChI=1S/C17H19NO8/c1-17(2)25-13-11(20)12(24-16(13)26-17)10(19)7-23-18-14(21)8-5-3-4-6-9(8)15(18)22/h3-6,10-13,16,19-20H,7H2,1-2H3/t10-,11+,12?,13+,16-/m1/s1. The van der Waals surface area contributed by atoms with Crippen molar-refractivity contribution in [2.45, 2.75) is 50.3 Å². The van der Waals surface area contributed by atoms with Crippen LogP contribution in [0.2, 0.25) is 0 Å². The molecule has 0 saturated carbocycles. The van der Waals surface area contributed by atoms with Crippen molar-refractivity contribution in [3.8, 4) is 0 Å². The average molecular weight is 365 g/mol. The van der Waals surface area contributed by atoms with E-state index in [1.54, 1.807) is 26.0 Å². The van der Waals surface area contributed by atoms with Crippen molar-refractivity contribution < 1.29 is 38.9 Å². The summed E-state index contributed by atoms with van der Waals surface area (Å²) < 4.78 is 16.6. The predicted molar refractivity (Wildman–Crippen MR) is 83.6 cm³/mol. The van der Waals surface area contributed by atoms with Crippen molar-refractivity contribution in [3.05, 3.63) is 35.4 Å². The van der Waals surface area contributed by atoms with Crippen LogP contribution in [-0.2, 0) is 19.0 Å². The Labute approximate surface area is 149 Å². The molecule has 0 spiro atoms. The van der Waals surface area contributed by atoms with Crippen LogP contribution >= 0.6 is 0 Å². The summed E-state index contributed by atoms with van der Waals surface area (Å²) in [7, 11) is 0. The number of nitrogens with zero attached hydrogens (tertiary/aromatic N) is 1. The number of fused-ring (bicyclic) bond motifs is 2. The molecule has 9 heteroatoms. The van der Waals surface area contributed by atoms with E-state index in [1.807, 2.05) is 0 Å². The first-order chi connectivity index (χ1) is 12.3. The van der Waals surface area contributed by atoms with Crippen LogP contribution in [0.3, 0.4) is 0 Å². The summed E-state index contributed by atoms with van der Waals surface area (Å²) in [5.74, 6) is -2.09. The number of carbonyl (C=O) groups excluding carboxylic acids is 2. The number of aliphatic hydroxyl groups excluding tert-OH is 2. The molecule has 9 nitrogen and oxygen atoms in total. The zero-order valence-corrected chi connectivity index (χ0v) is 14.2. The molecular formula is C17H19NO8. The number of hydrogen-bond donors (Lipinski definition) is 2. The zero-order chi connectivity index (χ0) is 18.6. The number of hydrogen-bond acceptors (Lipinski definition) is 8. The summed E-state index contributed by atoms with van der Waals surface area (Å²) in [5, 5.41) is 21.2. The molecule has 140 valence electrons. The van der Waals surface area contributed by atoms with Gasteiger partial charge in [-0.05, 0) is 26.0 Å². The fourth-order valence-corrected chi connectivity index (χ4v) is 3.36. The Balaban J connectivity index is 1.38. The van der Waals surface area contributed by atoms with Crippen molar-refractivity contribution in [2.75, 3.05) is 6.61 Å². The molecule has 1 unspecified atom stereocenters. The minimum Gasteiger partial charge on any atom is -0.388 e. The third-order valence-corrected chi connectivity index (χ3v) is 4.56. The van der Waals surface area contributed by atoms with Gasteiger partial charge in [0.05, 0.1) is 11.1 Å². The van der Waals surface area contributed by atoms with Crippen LogP contribution in [0, 0.1) is 0 Å². The Morgan fingerprint density at radius 3 is 2.38 bits per heavy atom. The first kappa shape index (κ1) is 17.5. The normalized spacial score (nSPS) is 33.5. The van der Waals surface area contributed by atoms with Crippen LogP contribution < -0.4 is 0 Å². The van der Waals surface area contributed by atoms with Gasteiger partial charge in [-0.1, -0.05) is 12.1 Å². The van der Waals surface area contributed by atoms with E-state index in [0.717, 1.165) is 0 Å². The van der Waals surface area contributed by atoms with Gasteiger partial charge in [0.25, 0.3) is 11.8 Å². The highest BCUT2D eigenvalue weighted by Gasteiger charge is 2.56. The summed E-state index contributed by atoms with van der Waals surface area (Å²) in [6.07, 6.45) is -5.00. The fourth-order valence-electron chi connectivity index (χ4n) is 3.36. The molecule has 1 aromatic carbocycles. The summed E-state index contributed by atoms with van der Waals surface area (Å²) in [6.45, 7) is 2.96. The van der Waals surface area contributed by atoms with Gasteiger partial charge < -0.3 is 24.4 Å². The fraction of sp³-hybridized carbons (Fsp3) is 0.529. The molecule has 2 fully saturated rings. The number of amides is 2. The number of ether oxygens (including phenoxy) is 3. The summed E-state index contributed by atoms with van der Waals surface area (Å²) in [6, 6.07) is 6.34. The van der Waals surface area contributed by atoms with Crippen molar-refractivity contribution in [3.63, 3.8) is 0 Å². The van der Waals surface area contributed by atoms with Crippen LogP contribution in [0.4, 0.5) is 0 Å². The second kappa shape index (κ2) is 6.08.